The van der Waals surface area contributed by atoms with Gasteiger partial charge in [0.1, 0.15) is 0 Å². The number of carbonyl (C=O) groups excluding carboxylic acids is 1. The average molecular weight is 204 g/mol. The predicted octanol–water partition coefficient (Wildman–Crippen LogP) is 0.928. The zero-order valence-electron chi connectivity index (χ0n) is 8.31. The highest BCUT2D eigenvalue weighted by Crippen LogP contribution is 2.28. The number of hydrogen-bond donors (Lipinski definition) is 1. The number of carbonyl (C=O) groups is 1. The molecule has 78 valence electrons. The molecule has 1 aliphatic rings. The van der Waals surface area contributed by atoms with E-state index in [2.05, 4.69) is 16.3 Å². The number of aromatic amines is 1. The molecule has 1 aromatic rings. The van der Waals surface area contributed by atoms with Gasteiger partial charge in [-0.1, -0.05) is 0 Å². The van der Waals surface area contributed by atoms with Gasteiger partial charge in [-0.25, -0.2) is 0 Å². The molecule has 0 atom stereocenters. The van der Waals surface area contributed by atoms with Gasteiger partial charge in [-0.2, -0.15) is 10.4 Å². The fourth-order valence-electron chi connectivity index (χ4n) is 1.54. The molecule has 0 radical (unpaired) electrons. The van der Waals surface area contributed by atoms with Gasteiger partial charge in [0, 0.05) is 18.8 Å². The van der Waals surface area contributed by atoms with Crippen LogP contribution < -0.4 is 0 Å². The zero-order chi connectivity index (χ0) is 10.7. The summed E-state index contributed by atoms with van der Waals surface area (Å²) < 4.78 is 0. The highest BCUT2D eigenvalue weighted by Gasteiger charge is 2.32. The van der Waals surface area contributed by atoms with E-state index in [1.54, 1.807) is 11.1 Å². The molecule has 1 fully saturated rings. The Morgan fingerprint density at radius 2 is 2.53 bits per heavy atom. The number of H-pyrrole nitrogens is 1. The molecule has 0 aliphatic heterocycles. The molecular formula is C10H12N4O. The quantitative estimate of drug-likeness (QED) is 0.792. The van der Waals surface area contributed by atoms with Gasteiger partial charge in [-0.15, -0.1) is 0 Å². The number of nitrogens with zero attached hydrogens (tertiary/aromatic N) is 3. The largest absolute Gasteiger partial charge is 0.335 e. The van der Waals surface area contributed by atoms with Crippen molar-refractivity contribution in [3.63, 3.8) is 0 Å². The molecule has 0 spiro atoms. The zero-order valence-corrected chi connectivity index (χ0v) is 8.31. The SMILES string of the molecule is N#CCCN(C(=O)c1cn[nH]c1)C1CC1. The lowest BCUT2D eigenvalue weighted by Crippen LogP contribution is -2.33. The summed E-state index contributed by atoms with van der Waals surface area (Å²) in [7, 11) is 0. The molecule has 1 amide bonds. The minimum atomic E-state index is -0.0264. The first-order valence-electron chi connectivity index (χ1n) is 4.99. The summed E-state index contributed by atoms with van der Waals surface area (Å²) in [5.41, 5.74) is 0.569. The minimum absolute atomic E-state index is 0.0264. The molecule has 0 aromatic carbocycles. The van der Waals surface area contributed by atoms with Crippen molar-refractivity contribution in [3.05, 3.63) is 18.0 Å². The van der Waals surface area contributed by atoms with Crippen LogP contribution in [-0.2, 0) is 0 Å². The number of aromatic nitrogens is 2. The van der Waals surface area contributed by atoms with Crippen molar-refractivity contribution < 1.29 is 4.79 Å². The van der Waals surface area contributed by atoms with Crippen molar-refractivity contribution >= 4 is 5.91 Å². The number of rotatable bonds is 4. The maximum atomic E-state index is 11.9. The van der Waals surface area contributed by atoms with Crippen molar-refractivity contribution in [3.8, 4) is 6.07 Å². The lowest BCUT2D eigenvalue weighted by molar-refractivity contribution is 0.0747. The summed E-state index contributed by atoms with van der Waals surface area (Å²) in [5.74, 6) is -0.0264. The Bertz CT molecular complexity index is 375. The van der Waals surface area contributed by atoms with Crippen LogP contribution in [0.15, 0.2) is 12.4 Å². The fourth-order valence-corrected chi connectivity index (χ4v) is 1.54. The summed E-state index contributed by atoms with van der Waals surface area (Å²) in [4.78, 5) is 13.7. The molecule has 0 unspecified atom stereocenters. The average Bonchev–Trinajstić information content (AvgIpc) is 2.94. The van der Waals surface area contributed by atoms with Crippen LogP contribution in [0.25, 0.3) is 0 Å². The second-order valence-electron chi connectivity index (χ2n) is 3.62. The lowest BCUT2D eigenvalue weighted by Gasteiger charge is -2.20. The van der Waals surface area contributed by atoms with E-state index in [1.165, 1.54) is 6.20 Å². The standard InChI is InChI=1S/C10H12N4O/c11-4-1-5-14(9-2-3-9)10(15)8-6-12-13-7-8/h6-7,9H,1-3,5H2,(H,12,13). The molecule has 0 saturated heterocycles. The first kappa shape index (κ1) is 9.71. The van der Waals surface area contributed by atoms with Crippen LogP contribution >= 0.6 is 0 Å². The van der Waals surface area contributed by atoms with Gasteiger partial charge in [0.05, 0.1) is 24.3 Å². The van der Waals surface area contributed by atoms with Crippen LogP contribution in [0, 0.1) is 11.3 Å². The van der Waals surface area contributed by atoms with E-state index in [4.69, 9.17) is 5.26 Å². The van der Waals surface area contributed by atoms with Crippen LogP contribution in [0.5, 0.6) is 0 Å². The van der Waals surface area contributed by atoms with Gasteiger partial charge in [-0.3, -0.25) is 9.89 Å². The Morgan fingerprint density at radius 3 is 3.07 bits per heavy atom. The molecule has 15 heavy (non-hydrogen) atoms. The third-order valence-electron chi connectivity index (χ3n) is 2.46. The monoisotopic (exact) mass is 204 g/mol. The van der Waals surface area contributed by atoms with Crippen LogP contribution in [-0.4, -0.2) is 33.6 Å². The van der Waals surface area contributed by atoms with Gasteiger partial charge in [0.2, 0.25) is 0 Å². The summed E-state index contributed by atoms with van der Waals surface area (Å²) >= 11 is 0. The van der Waals surface area contributed by atoms with E-state index in [0.717, 1.165) is 12.8 Å². The smallest absolute Gasteiger partial charge is 0.257 e. The van der Waals surface area contributed by atoms with Crippen LogP contribution in [0.4, 0.5) is 0 Å². The molecular weight excluding hydrogens is 192 g/mol. The highest BCUT2D eigenvalue weighted by molar-refractivity contribution is 5.94. The first-order valence-corrected chi connectivity index (χ1v) is 4.99. The number of nitriles is 1. The molecule has 5 nitrogen and oxygen atoms in total. The Kier molecular flexibility index (Phi) is 2.68. The molecule has 2 rings (SSSR count). The molecule has 1 saturated carbocycles. The predicted molar refractivity (Wildman–Crippen MR) is 52.9 cm³/mol. The molecule has 0 bridgehead atoms. The highest BCUT2D eigenvalue weighted by atomic mass is 16.2. The third kappa shape index (κ3) is 2.15. The van der Waals surface area contributed by atoms with Gasteiger partial charge >= 0.3 is 0 Å². The second kappa shape index (κ2) is 4.13. The van der Waals surface area contributed by atoms with E-state index in [0.29, 0.717) is 24.6 Å². The Morgan fingerprint density at radius 1 is 1.73 bits per heavy atom. The fraction of sp³-hybridized carbons (Fsp3) is 0.500. The van der Waals surface area contributed by atoms with Crippen molar-refractivity contribution in [2.24, 2.45) is 0 Å². The molecule has 1 N–H and O–H groups in total. The minimum Gasteiger partial charge on any atom is -0.335 e. The van der Waals surface area contributed by atoms with Crippen LogP contribution in [0.1, 0.15) is 29.6 Å². The van der Waals surface area contributed by atoms with Crippen molar-refractivity contribution in [2.45, 2.75) is 25.3 Å². The topological polar surface area (TPSA) is 72.8 Å². The van der Waals surface area contributed by atoms with E-state index in [-0.39, 0.29) is 5.91 Å². The maximum absolute atomic E-state index is 11.9. The summed E-state index contributed by atoms with van der Waals surface area (Å²) in [6, 6.07) is 2.40. The van der Waals surface area contributed by atoms with Gasteiger partial charge < -0.3 is 4.90 Å². The summed E-state index contributed by atoms with van der Waals surface area (Å²) in [5, 5.41) is 14.9. The molecule has 5 heteroatoms. The molecule has 1 aromatic heterocycles. The van der Waals surface area contributed by atoms with Crippen molar-refractivity contribution in [1.82, 2.24) is 15.1 Å². The van der Waals surface area contributed by atoms with Gasteiger partial charge in [0.15, 0.2) is 0 Å². The normalized spacial score (nSPS) is 14.6. The number of amides is 1. The van der Waals surface area contributed by atoms with Gasteiger partial charge in [-0.05, 0) is 12.8 Å². The lowest BCUT2D eigenvalue weighted by atomic mass is 10.3. The first-order chi connectivity index (χ1) is 7.33. The van der Waals surface area contributed by atoms with Crippen molar-refractivity contribution in [1.29, 1.82) is 5.26 Å². The molecule has 1 heterocycles. The van der Waals surface area contributed by atoms with Crippen molar-refractivity contribution in [2.75, 3.05) is 6.54 Å². The second-order valence-corrected chi connectivity index (χ2v) is 3.62. The number of hydrogen-bond acceptors (Lipinski definition) is 3. The van der Waals surface area contributed by atoms with E-state index >= 15 is 0 Å². The molecule has 1 aliphatic carbocycles. The summed E-state index contributed by atoms with van der Waals surface area (Å²) in [6.45, 7) is 0.519. The summed E-state index contributed by atoms with van der Waals surface area (Å²) in [6.07, 6.45) is 5.60. The Labute approximate surface area is 87.7 Å². The number of nitrogens with one attached hydrogen (secondary N) is 1. The Hall–Kier alpha value is -1.83. The van der Waals surface area contributed by atoms with Crippen LogP contribution in [0.3, 0.4) is 0 Å². The Balaban J connectivity index is 2.04. The van der Waals surface area contributed by atoms with E-state index in [1.807, 2.05) is 0 Å². The third-order valence-corrected chi connectivity index (χ3v) is 2.46. The van der Waals surface area contributed by atoms with E-state index < -0.39 is 0 Å². The van der Waals surface area contributed by atoms with Gasteiger partial charge in [0.25, 0.3) is 5.91 Å². The maximum Gasteiger partial charge on any atom is 0.257 e. The van der Waals surface area contributed by atoms with E-state index in [9.17, 15) is 4.79 Å². The van der Waals surface area contributed by atoms with Crippen LogP contribution in [0.2, 0.25) is 0 Å².